The molecule has 1 aromatic rings. The third kappa shape index (κ3) is 2.08. The molecule has 0 atom stereocenters. The Kier molecular flexibility index (Phi) is 2.84. The van der Waals surface area contributed by atoms with Gasteiger partial charge in [0.15, 0.2) is 0 Å². The Labute approximate surface area is 70.9 Å². The van der Waals surface area contributed by atoms with Crippen LogP contribution in [0.3, 0.4) is 0 Å². The fraction of sp³-hybridized carbons (Fsp3) is 0.200. The van der Waals surface area contributed by atoms with Crippen molar-refractivity contribution in [2.45, 2.75) is 6.92 Å². The average molecular weight is 164 g/mol. The van der Waals surface area contributed by atoms with Crippen LogP contribution in [-0.4, -0.2) is 11.7 Å². The van der Waals surface area contributed by atoms with E-state index in [1.165, 1.54) is 12.1 Å². The number of aryl methyl sites for hydroxylation is 1. The lowest BCUT2D eigenvalue weighted by Crippen LogP contribution is -1.84. The van der Waals surface area contributed by atoms with Crippen molar-refractivity contribution < 1.29 is 9.50 Å². The molecule has 0 unspecified atom stereocenters. The minimum absolute atomic E-state index is 0.198. The molecule has 1 nitrogen and oxygen atoms in total. The molecule has 0 saturated heterocycles. The van der Waals surface area contributed by atoms with Crippen molar-refractivity contribution >= 4 is 0 Å². The molecule has 0 aromatic heterocycles. The fourth-order valence-electron chi connectivity index (χ4n) is 0.864. The molecule has 0 spiro atoms. The molecule has 0 aliphatic heterocycles. The summed E-state index contributed by atoms with van der Waals surface area (Å²) in [4.78, 5) is 0. The highest BCUT2D eigenvalue weighted by atomic mass is 19.1. The average Bonchev–Trinajstić information content (AvgIpc) is 2.07. The van der Waals surface area contributed by atoms with Gasteiger partial charge < -0.3 is 5.11 Å². The second-order valence-corrected chi connectivity index (χ2v) is 2.42. The molecule has 0 fully saturated rings. The lowest BCUT2D eigenvalue weighted by atomic mass is 10.1. The van der Waals surface area contributed by atoms with Gasteiger partial charge in [-0.1, -0.05) is 17.9 Å². The smallest absolute Gasteiger partial charge is 0.124 e. The summed E-state index contributed by atoms with van der Waals surface area (Å²) in [5.41, 5.74) is 1.54. The van der Waals surface area contributed by atoms with Gasteiger partial charge in [-0.05, 0) is 24.6 Å². The summed E-state index contributed by atoms with van der Waals surface area (Å²) in [6, 6.07) is 4.41. The van der Waals surface area contributed by atoms with E-state index in [4.69, 9.17) is 5.11 Å². The quantitative estimate of drug-likeness (QED) is 0.576. The zero-order valence-electron chi connectivity index (χ0n) is 6.76. The van der Waals surface area contributed by atoms with Gasteiger partial charge in [-0.2, -0.15) is 0 Å². The molecule has 1 aromatic carbocycles. The maximum atomic E-state index is 12.6. The Morgan fingerprint density at radius 3 is 2.92 bits per heavy atom. The van der Waals surface area contributed by atoms with Gasteiger partial charge in [-0.3, -0.25) is 0 Å². The molecule has 12 heavy (non-hydrogen) atoms. The number of hydrogen-bond donors (Lipinski definition) is 1. The summed E-state index contributed by atoms with van der Waals surface area (Å²) in [5, 5.41) is 8.42. The highest BCUT2D eigenvalue weighted by Gasteiger charge is 1.95. The van der Waals surface area contributed by atoms with Crippen molar-refractivity contribution in [1.29, 1.82) is 0 Å². The van der Waals surface area contributed by atoms with E-state index in [0.717, 1.165) is 5.56 Å². The van der Waals surface area contributed by atoms with Gasteiger partial charge >= 0.3 is 0 Å². The van der Waals surface area contributed by atoms with Crippen LogP contribution in [0.5, 0.6) is 0 Å². The highest BCUT2D eigenvalue weighted by molar-refractivity contribution is 5.40. The summed E-state index contributed by atoms with van der Waals surface area (Å²) >= 11 is 0. The van der Waals surface area contributed by atoms with Gasteiger partial charge in [0, 0.05) is 5.56 Å². The van der Waals surface area contributed by atoms with Gasteiger partial charge in [-0.25, -0.2) is 4.39 Å². The summed E-state index contributed by atoms with van der Waals surface area (Å²) in [5.74, 6) is 4.83. The second kappa shape index (κ2) is 3.89. The molecule has 1 rings (SSSR count). The van der Waals surface area contributed by atoms with Gasteiger partial charge in [0.2, 0.25) is 0 Å². The Balaban J connectivity index is 3.05. The van der Waals surface area contributed by atoms with Crippen molar-refractivity contribution in [2.24, 2.45) is 0 Å². The maximum Gasteiger partial charge on any atom is 0.124 e. The van der Waals surface area contributed by atoms with Gasteiger partial charge in [-0.15, -0.1) is 0 Å². The van der Waals surface area contributed by atoms with E-state index >= 15 is 0 Å². The van der Waals surface area contributed by atoms with E-state index in [2.05, 4.69) is 11.8 Å². The first-order valence-corrected chi connectivity index (χ1v) is 3.60. The van der Waals surface area contributed by atoms with E-state index in [1.807, 2.05) is 6.92 Å². The van der Waals surface area contributed by atoms with Crippen LogP contribution in [0.25, 0.3) is 0 Å². The number of halogens is 1. The van der Waals surface area contributed by atoms with Crippen molar-refractivity contribution in [3.05, 3.63) is 35.1 Å². The Morgan fingerprint density at radius 2 is 2.25 bits per heavy atom. The van der Waals surface area contributed by atoms with E-state index in [0.29, 0.717) is 5.56 Å². The minimum atomic E-state index is -0.303. The predicted octanol–water partition coefficient (Wildman–Crippen LogP) is 1.48. The first-order chi connectivity index (χ1) is 5.74. The third-order valence-corrected chi connectivity index (χ3v) is 1.50. The summed E-state index contributed by atoms with van der Waals surface area (Å²) in [7, 11) is 0. The normalized spacial score (nSPS) is 8.92. The van der Waals surface area contributed by atoms with Crippen LogP contribution in [0.2, 0.25) is 0 Å². The van der Waals surface area contributed by atoms with Crippen molar-refractivity contribution in [3.8, 4) is 11.8 Å². The first-order valence-electron chi connectivity index (χ1n) is 3.60. The molecule has 62 valence electrons. The molecule has 0 amide bonds. The Bertz CT molecular complexity index is 333. The van der Waals surface area contributed by atoms with E-state index in [1.54, 1.807) is 6.07 Å². The van der Waals surface area contributed by atoms with E-state index < -0.39 is 0 Å². The van der Waals surface area contributed by atoms with Crippen molar-refractivity contribution in [2.75, 3.05) is 6.61 Å². The van der Waals surface area contributed by atoms with Crippen molar-refractivity contribution in [1.82, 2.24) is 0 Å². The number of hydrogen-bond acceptors (Lipinski definition) is 1. The first kappa shape index (κ1) is 8.76. The Hall–Kier alpha value is -1.33. The fourth-order valence-corrected chi connectivity index (χ4v) is 0.864. The van der Waals surface area contributed by atoms with Crippen LogP contribution >= 0.6 is 0 Å². The van der Waals surface area contributed by atoms with E-state index in [-0.39, 0.29) is 12.4 Å². The molecular weight excluding hydrogens is 155 g/mol. The number of benzene rings is 1. The zero-order valence-corrected chi connectivity index (χ0v) is 6.76. The molecular formula is C10H9FO. The maximum absolute atomic E-state index is 12.6. The molecule has 0 bridgehead atoms. The van der Waals surface area contributed by atoms with Gasteiger partial charge in [0.05, 0.1) is 0 Å². The molecule has 0 aliphatic carbocycles. The van der Waals surface area contributed by atoms with Gasteiger partial charge in [0.1, 0.15) is 12.4 Å². The minimum Gasteiger partial charge on any atom is -0.384 e. The summed E-state index contributed by atoms with van der Waals surface area (Å²) in [6.45, 7) is 1.65. The monoisotopic (exact) mass is 164 g/mol. The molecule has 1 N–H and O–H groups in total. The third-order valence-electron chi connectivity index (χ3n) is 1.50. The molecule has 2 heteroatoms. The molecule has 0 aliphatic rings. The standard InChI is InChI=1S/C10H9FO/c1-8-4-5-10(11)7-9(8)3-2-6-12/h4-5,7,12H,6H2,1H3. The van der Waals surface area contributed by atoms with Crippen LogP contribution in [0.1, 0.15) is 11.1 Å². The SMILES string of the molecule is Cc1ccc(F)cc1C#CCO. The molecule has 0 heterocycles. The van der Waals surface area contributed by atoms with Crippen LogP contribution in [0.4, 0.5) is 4.39 Å². The number of aliphatic hydroxyl groups excluding tert-OH is 1. The molecule has 0 saturated carbocycles. The van der Waals surface area contributed by atoms with Crippen LogP contribution < -0.4 is 0 Å². The summed E-state index contributed by atoms with van der Waals surface area (Å²) in [6.07, 6.45) is 0. The second-order valence-electron chi connectivity index (χ2n) is 2.42. The van der Waals surface area contributed by atoms with Crippen LogP contribution in [-0.2, 0) is 0 Å². The Morgan fingerprint density at radius 1 is 1.50 bits per heavy atom. The van der Waals surface area contributed by atoms with Crippen LogP contribution in [0.15, 0.2) is 18.2 Å². The zero-order chi connectivity index (χ0) is 8.97. The van der Waals surface area contributed by atoms with Crippen LogP contribution in [0, 0.1) is 24.6 Å². The topological polar surface area (TPSA) is 20.2 Å². The van der Waals surface area contributed by atoms with Crippen molar-refractivity contribution in [3.63, 3.8) is 0 Å². The van der Waals surface area contributed by atoms with Gasteiger partial charge in [0.25, 0.3) is 0 Å². The number of aliphatic hydroxyl groups is 1. The number of rotatable bonds is 0. The largest absolute Gasteiger partial charge is 0.384 e. The predicted molar refractivity (Wildman–Crippen MR) is 45.1 cm³/mol. The lowest BCUT2D eigenvalue weighted by Gasteiger charge is -1.96. The molecule has 0 radical (unpaired) electrons. The summed E-state index contributed by atoms with van der Waals surface area (Å²) < 4.78 is 12.6. The van der Waals surface area contributed by atoms with E-state index in [9.17, 15) is 4.39 Å². The highest BCUT2D eigenvalue weighted by Crippen LogP contribution is 2.08. The lowest BCUT2D eigenvalue weighted by molar-refractivity contribution is 0.350.